The minimum absolute atomic E-state index is 0.557. The van der Waals surface area contributed by atoms with E-state index in [1.165, 1.54) is 0 Å². The highest BCUT2D eigenvalue weighted by molar-refractivity contribution is 5.96. The van der Waals surface area contributed by atoms with Gasteiger partial charge < -0.3 is 0 Å². The second kappa shape index (κ2) is 5.70. The molecule has 116 valence electrons. The van der Waals surface area contributed by atoms with Crippen LogP contribution in [0.4, 0.5) is 0 Å². The molecular weight excluding hydrogens is 300 g/mol. The van der Waals surface area contributed by atoms with Crippen molar-refractivity contribution in [3.05, 3.63) is 66.9 Å². The van der Waals surface area contributed by atoms with E-state index in [4.69, 9.17) is 0 Å². The molecule has 5 nitrogen and oxygen atoms in total. The summed E-state index contributed by atoms with van der Waals surface area (Å²) >= 11 is 0. The van der Waals surface area contributed by atoms with Gasteiger partial charge in [-0.25, -0.2) is 0 Å². The van der Waals surface area contributed by atoms with Crippen molar-refractivity contribution in [2.45, 2.75) is 0 Å². The lowest BCUT2D eigenvalue weighted by atomic mass is 10.00. The summed E-state index contributed by atoms with van der Waals surface area (Å²) in [5.41, 5.74) is 5.50. The number of fused-ring (bicyclic) bond motifs is 1. The molecule has 5 heteroatoms. The Morgan fingerprint density at radius 2 is 1.75 bits per heavy atom. The summed E-state index contributed by atoms with van der Waals surface area (Å²) in [6.07, 6.45) is 9.70. The van der Waals surface area contributed by atoms with E-state index >= 15 is 0 Å². The molecule has 0 fully saturated rings. The van der Waals surface area contributed by atoms with Crippen molar-refractivity contribution in [1.29, 1.82) is 0 Å². The summed E-state index contributed by atoms with van der Waals surface area (Å²) in [5, 5.41) is 5.12. The summed E-state index contributed by atoms with van der Waals surface area (Å²) < 4.78 is 1.78. The molecule has 3 heterocycles. The average molecular weight is 314 g/mol. The summed E-state index contributed by atoms with van der Waals surface area (Å²) in [6.45, 7) is 0. The van der Waals surface area contributed by atoms with Crippen LogP contribution in [-0.4, -0.2) is 26.0 Å². The Labute approximate surface area is 138 Å². The van der Waals surface area contributed by atoms with Gasteiger partial charge >= 0.3 is 0 Å². The van der Waals surface area contributed by atoms with Crippen LogP contribution in [0.3, 0.4) is 0 Å². The van der Waals surface area contributed by atoms with Crippen LogP contribution in [0, 0.1) is 0 Å². The van der Waals surface area contributed by atoms with Crippen LogP contribution >= 0.6 is 0 Å². The normalized spacial score (nSPS) is 10.9. The van der Waals surface area contributed by atoms with Crippen LogP contribution in [0.5, 0.6) is 0 Å². The molecule has 0 N–H and O–H groups in total. The average Bonchev–Trinajstić information content (AvgIpc) is 3.07. The standard InChI is InChI=1S/C19H14N4O/c1-23-11-16(8-22-23)14-2-4-15(5-3-14)18-9-20-10-19-17(18)6-13(12-24)7-21-19/h2-12H,1H3. The third-order valence-electron chi connectivity index (χ3n) is 4.00. The first-order valence-corrected chi connectivity index (χ1v) is 7.53. The van der Waals surface area contributed by atoms with Gasteiger partial charge in [0.1, 0.15) is 0 Å². The van der Waals surface area contributed by atoms with Crippen molar-refractivity contribution in [2.24, 2.45) is 7.05 Å². The van der Waals surface area contributed by atoms with Gasteiger partial charge in [-0.05, 0) is 17.2 Å². The lowest BCUT2D eigenvalue weighted by molar-refractivity contribution is 0.112. The molecule has 0 saturated carbocycles. The lowest BCUT2D eigenvalue weighted by Gasteiger charge is -2.07. The van der Waals surface area contributed by atoms with Crippen molar-refractivity contribution in [2.75, 3.05) is 0 Å². The predicted molar refractivity (Wildman–Crippen MR) is 92.6 cm³/mol. The fourth-order valence-corrected chi connectivity index (χ4v) is 2.77. The van der Waals surface area contributed by atoms with Crippen LogP contribution in [0.2, 0.25) is 0 Å². The molecule has 0 spiro atoms. The number of carbonyl (C=O) groups excluding carboxylic acids is 1. The zero-order chi connectivity index (χ0) is 16.5. The number of hydrogen-bond donors (Lipinski definition) is 0. The van der Waals surface area contributed by atoms with Crippen LogP contribution in [0.25, 0.3) is 33.2 Å². The van der Waals surface area contributed by atoms with Crippen LogP contribution in [0.1, 0.15) is 10.4 Å². The maximum atomic E-state index is 11.0. The van der Waals surface area contributed by atoms with E-state index in [1.807, 2.05) is 37.6 Å². The van der Waals surface area contributed by atoms with E-state index in [1.54, 1.807) is 23.3 Å². The van der Waals surface area contributed by atoms with Crippen molar-refractivity contribution in [3.63, 3.8) is 0 Å². The number of rotatable bonds is 3. The number of carbonyl (C=O) groups is 1. The van der Waals surface area contributed by atoms with Gasteiger partial charge in [0, 0.05) is 47.7 Å². The van der Waals surface area contributed by atoms with E-state index in [2.05, 4.69) is 27.2 Å². The highest BCUT2D eigenvalue weighted by atomic mass is 16.1. The third-order valence-corrected chi connectivity index (χ3v) is 4.00. The maximum Gasteiger partial charge on any atom is 0.151 e. The van der Waals surface area contributed by atoms with Gasteiger partial charge in [-0.3, -0.25) is 19.4 Å². The second-order valence-corrected chi connectivity index (χ2v) is 5.62. The molecule has 0 unspecified atom stereocenters. The highest BCUT2D eigenvalue weighted by Gasteiger charge is 2.07. The Hall–Kier alpha value is -3.34. The summed E-state index contributed by atoms with van der Waals surface area (Å²) in [4.78, 5) is 19.6. The largest absolute Gasteiger partial charge is 0.298 e. The second-order valence-electron chi connectivity index (χ2n) is 5.62. The van der Waals surface area contributed by atoms with Crippen molar-refractivity contribution >= 4 is 17.2 Å². The molecule has 4 aromatic rings. The molecule has 0 aliphatic rings. The van der Waals surface area contributed by atoms with Crippen LogP contribution in [0.15, 0.2) is 61.3 Å². The van der Waals surface area contributed by atoms with Gasteiger partial charge in [0.05, 0.1) is 17.9 Å². The predicted octanol–water partition coefficient (Wildman–Crippen LogP) is 3.51. The Balaban J connectivity index is 1.81. The lowest BCUT2D eigenvalue weighted by Crippen LogP contribution is -1.89. The molecular formula is C19H14N4O. The van der Waals surface area contributed by atoms with Crippen molar-refractivity contribution in [1.82, 2.24) is 19.7 Å². The van der Waals surface area contributed by atoms with E-state index in [-0.39, 0.29) is 0 Å². The molecule has 24 heavy (non-hydrogen) atoms. The summed E-state index contributed by atoms with van der Waals surface area (Å²) in [7, 11) is 1.90. The first-order valence-electron chi connectivity index (χ1n) is 7.53. The molecule has 0 aliphatic carbocycles. The maximum absolute atomic E-state index is 11.0. The highest BCUT2D eigenvalue weighted by Crippen LogP contribution is 2.29. The number of nitrogens with zero attached hydrogens (tertiary/aromatic N) is 4. The minimum atomic E-state index is 0.557. The van der Waals surface area contributed by atoms with Gasteiger partial charge in [-0.2, -0.15) is 5.10 Å². The topological polar surface area (TPSA) is 60.7 Å². The zero-order valence-electron chi connectivity index (χ0n) is 13.0. The van der Waals surface area contributed by atoms with Crippen LogP contribution < -0.4 is 0 Å². The molecule has 0 bridgehead atoms. The molecule has 0 saturated heterocycles. The smallest absolute Gasteiger partial charge is 0.151 e. The Morgan fingerprint density at radius 3 is 2.46 bits per heavy atom. The number of aromatic nitrogens is 4. The Morgan fingerprint density at radius 1 is 0.958 bits per heavy atom. The molecule has 3 aromatic heterocycles. The van der Waals surface area contributed by atoms with Gasteiger partial charge in [-0.15, -0.1) is 0 Å². The quantitative estimate of drug-likeness (QED) is 0.543. The first-order chi connectivity index (χ1) is 11.7. The Bertz CT molecular complexity index is 1030. The number of pyridine rings is 2. The molecule has 1 aromatic carbocycles. The van der Waals surface area contributed by atoms with Crippen molar-refractivity contribution in [3.8, 4) is 22.3 Å². The van der Waals surface area contributed by atoms with E-state index < -0.39 is 0 Å². The van der Waals surface area contributed by atoms with Gasteiger partial charge in [0.15, 0.2) is 6.29 Å². The number of aldehydes is 1. The first kappa shape index (κ1) is 14.3. The van der Waals surface area contributed by atoms with Crippen LogP contribution in [-0.2, 0) is 7.05 Å². The van der Waals surface area contributed by atoms with E-state index in [0.717, 1.165) is 39.4 Å². The molecule has 4 rings (SSSR count). The molecule has 0 aliphatic heterocycles. The monoisotopic (exact) mass is 314 g/mol. The van der Waals surface area contributed by atoms with Gasteiger partial charge in [0.25, 0.3) is 0 Å². The molecule has 0 amide bonds. The number of aryl methyl sites for hydroxylation is 1. The fourth-order valence-electron chi connectivity index (χ4n) is 2.77. The fraction of sp³-hybridized carbons (Fsp3) is 0.0526. The SMILES string of the molecule is Cn1cc(-c2ccc(-c3cncc4ncc(C=O)cc34)cc2)cn1. The third kappa shape index (κ3) is 2.46. The molecule has 0 atom stereocenters. The van der Waals surface area contributed by atoms with Gasteiger partial charge in [-0.1, -0.05) is 24.3 Å². The minimum Gasteiger partial charge on any atom is -0.298 e. The van der Waals surface area contributed by atoms with E-state index in [0.29, 0.717) is 5.56 Å². The summed E-state index contributed by atoms with van der Waals surface area (Å²) in [6, 6.07) is 10.1. The van der Waals surface area contributed by atoms with Crippen molar-refractivity contribution < 1.29 is 4.79 Å². The van der Waals surface area contributed by atoms with E-state index in [9.17, 15) is 4.79 Å². The zero-order valence-corrected chi connectivity index (χ0v) is 13.0. The Kier molecular flexibility index (Phi) is 3.39. The number of benzene rings is 1. The van der Waals surface area contributed by atoms with Gasteiger partial charge in [0.2, 0.25) is 0 Å². The molecule has 0 radical (unpaired) electrons. The summed E-state index contributed by atoms with van der Waals surface area (Å²) in [5.74, 6) is 0. The number of hydrogen-bond acceptors (Lipinski definition) is 4.